The molecule has 1 aromatic carbocycles. The van der Waals surface area contributed by atoms with Gasteiger partial charge in [0.2, 0.25) is 0 Å². The second kappa shape index (κ2) is 4.13. The second-order valence-electron chi connectivity index (χ2n) is 3.48. The third-order valence-electron chi connectivity index (χ3n) is 2.27. The fourth-order valence-corrected chi connectivity index (χ4v) is 1.43. The average Bonchev–Trinajstić information content (AvgIpc) is 2.25. The molecule has 0 aliphatic heterocycles. The predicted octanol–water partition coefficient (Wildman–Crippen LogP) is 2.08. The zero-order valence-corrected chi connectivity index (χ0v) is 8.39. The Morgan fingerprint density at radius 3 is 2.47 bits per heavy atom. The molecule has 0 atom stereocenters. The number of nitrogens with zero attached hydrogens (tertiary/aromatic N) is 1. The van der Waals surface area contributed by atoms with Gasteiger partial charge in [0.1, 0.15) is 0 Å². The molecule has 2 nitrogen and oxygen atoms in total. The summed E-state index contributed by atoms with van der Waals surface area (Å²) in [5, 5.41) is 0. The summed E-state index contributed by atoms with van der Waals surface area (Å²) >= 11 is 0. The Hall–Kier alpha value is -1.83. The summed E-state index contributed by atoms with van der Waals surface area (Å²) in [5.74, 6) is 0. The molecule has 0 N–H and O–H groups in total. The fourth-order valence-electron chi connectivity index (χ4n) is 1.43. The van der Waals surface area contributed by atoms with Crippen molar-refractivity contribution in [1.29, 1.82) is 0 Å². The van der Waals surface area contributed by atoms with Gasteiger partial charge in [-0.1, -0.05) is 30.3 Å². The first-order chi connectivity index (χ1) is 7.25. The summed E-state index contributed by atoms with van der Waals surface area (Å²) in [5.41, 5.74) is 2.12. The standard InChI is InChI=1S/C13H12NO/c1-11-5-7-12(8-6-11)10-14-9-3-2-4-13(14)15/h2-9H,1,10H2. The maximum absolute atomic E-state index is 11.4. The zero-order chi connectivity index (χ0) is 10.7. The molecule has 1 radical (unpaired) electrons. The number of rotatable bonds is 2. The van der Waals surface area contributed by atoms with E-state index in [4.69, 9.17) is 0 Å². The highest BCUT2D eigenvalue weighted by atomic mass is 16.1. The number of hydrogen-bond donors (Lipinski definition) is 0. The van der Waals surface area contributed by atoms with Gasteiger partial charge in [-0.15, -0.1) is 0 Å². The number of aromatic nitrogens is 1. The van der Waals surface area contributed by atoms with Gasteiger partial charge in [0.15, 0.2) is 0 Å². The summed E-state index contributed by atoms with van der Waals surface area (Å²) in [7, 11) is 0. The van der Waals surface area contributed by atoms with Gasteiger partial charge in [-0.25, -0.2) is 0 Å². The van der Waals surface area contributed by atoms with Gasteiger partial charge in [0, 0.05) is 12.3 Å². The Labute approximate surface area is 88.8 Å². The van der Waals surface area contributed by atoms with Crippen LogP contribution in [-0.4, -0.2) is 4.57 Å². The fraction of sp³-hybridized carbons (Fsp3) is 0.0769. The van der Waals surface area contributed by atoms with Crippen LogP contribution in [0.2, 0.25) is 0 Å². The van der Waals surface area contributed by atoms with Crippen molar-refractivity contribution < 1.29 is 0 Å². The number of pyridine rings is 1. The van der Waals surface area contributed by atoms with E-state index in [0.717, 1.165) is 11.1 Å². The van der Waals surface area contributed by atoms with Crippen molar-refractivity contribution in [3.63, 3.8) is 0 Å². The summed E-state index contributed by atoms with van der Waals surface area (Å²) in [4.78, 5) is 11.4. The van der Waals surface area contributed by atoms with E-state index in [1.165, 1.54) is 0 Å². The molecule has 0 saturated carbocycles. The second-order valence-corrected chi connectivity index (χ2v) is 3.48. The van der Waals surface area contributed by atoms with Crippen LogP contribution in [0.4, 0.5) is 0 Å². The third kappa shape index (κ3) is 2.34. The smallest absolute Gasteiger partial charge is 0.250 e. The highest BCUT2D eigenvalue weighted by Gasteiger charge is 1.95. The third-order valence-corrected chi connectivity index (χ3v) is 2.27. The monoisotopic (exact) mass is 198 g/mol. The molecule has 0 bridgehead atoms. The number of benzene rings is 1. The van der Waals surface area contributed by atoms with E-state index in [0.29, 0.717) is 6.54 Å². The van der Waals surface area contributed by atoms with Gasteiger partial charge in [0.05, 0.1) is 6.54 Å². The molecule has 0 fully saturated rings. The van der Waals surface area contributed by atoms with Gasteiger partial charge in [0.25, 0.3) is 5.56 Å². The van der Waals surface area contributed by atoms with Gasteiger partial charge in [-0.3, -0.25) is 4.79 Å². The van der Waals surface area contributed by atoms with Gasteiger partial charge in [-0.2, -0.15) is 0 Å². The van der Waals surface area contributed by atoms with Gasteiger partial charge < -0.3 is 4.57 Å². The molecule has 0 saturated heterocycles. The lowest BCUT2D eigenvalue weighted by molar-refractivity contribution is 0.759. The largest absolute Gasteiger partial charge is 0.311 e. The van der Waals surface area contributed by atoms with Gasteiger partial charge >= 0.3 is 0 Å². The SMILES string of the molecule is [CH2]c1ccc(Cn2ccccc2=O)cc1. The molecule has 0 aliphatic carbocycles. The number of hydrogen-bond acceptors (Lipinski definition) is 1. The molecule has 1 heterocycles. The molecular weight excluding hydrogens is 186 g/mol. The Morgan fingerprint density at radius 2 is 1.80 bits per heavy atom. The summed E-state index contributed by atoms with van der Waals surface area (Å²) < 4.78 is 1.68. The minimum absolute atomic E-state index is 0.0243. The van der Waals surface area contributed by atoms with E-state index in [1.807, 2.05) is 30.3 Å². The van der Waals surface area contributed by atoms with Crippen LogP contribution >= 0.6 is 0 Å². The van der Waals surface area contributed by atoms with E-state index in [2.05, 4.69) is 6.92 Å². The molecule has 0 amide bonds. The normalized spacial score (nSPS) is 10.2. The molecule has 0 spiro atoms. The van der Waals surface area contributed by atoms with Crippen LogP contribution in [-0.2, 0) is 6.54 Å². The van der Waals surface area contributed by atoms with Crippen LogP contribution in [0.3, 0.4) is 0 Å². The van der Waals surface area contributed by atoms with E-state index >= 15 is 0 Å². The molecule has 2 rings (SSSR count). The van der Waals surface area contributed by atoms with Crippen molar-refractivity contribution in [3.05, 3.63) is 77.1 Å². The van der Waals surface area contributed by atoms with Crippen molar-refractivity contribution in [2.24, 2.45) is 0 Å². The van der Waals surface area contributed by atoms with Crippen LogP contribution in [0.1, 0.15) is 11.1 Å². The van der Waals surface area contributed by atoms with Crippen molar-refractivity contribution >= 4 is 0 Å². The predicted molar refractivity (Wildman–Crippen MR) is 60.7 cm³/mol. The van der Waals surface area contributed by atoms with Crippen LogP contribution in [0.25, 0.3) is 0 Å². The van der Waals surface area contributed by atoms with E-state index in [9.17, 15) is 4.79 Å². The molecular formula is C13H12NO. The highest BCUT2D eigenvalue weighted by Crippen LogP contribution is 2.03. The molecule has 1 aromatic heterocycles. The van der Waals surface area contributed by atoms with E-state index < -0.39 is 0 Å². The van der Waals surface area contributed by atoms with Crippen LogP contribution in [0.15, 0.2) is 53.5 Å². The Kier molecular flexibility index (Phi) is 2.68. The van der Waals surface area contributed by atoms with Crippen molar-refractivity contribution in [2.75, 3.05) is 0 Å². The Morgan fingerprint density at radius 1 is 1.07 bits per heavy atom. The quantitative estimate of drug-likeness (QED) is 0.724. The lowest BCUT2D eigenvalue weighted by Gasteiger charge is -2.04. The van der Waals surface area contributed by atoms with E-state index in [-0.39, 0.29) is 5.56 Å². The van der Waals surface area contributed by atoms with Crippen molar-refractivity contribution in [2.45, 2.75) is 6.54 Å². The van der Waals surface area contributed by atoms with Gasteiger partial charge in [-0.05, 0) is 24.1 Å². The maximum atomic E-state index is 11.4. The minimum Gasteiger partial charge on any atom is -0.311 e. The topological polar surface area (TPSA) is 22.0 Å². The average molecular weight is 198 g/mol. The maximum Gasteiger partial charge on any atom is 0.250 e. The first-order valence-electron chi connectivity index (χ1n) is 4.82. The molecule has 0 aliphatic rings. The first kappa shape index (κ1) is 9.71. The molecule has 2 heteroatoms. The molecule has 0 unspecified atom stereocenters. The highest BCUT2D eigenvalue weighted by molar-refractivity contribution is 5.24. The summed E-state index contributed by atoms with van der Waals surface area (Å²) in [6, 6.07) is 13.0. The van der Waals surface area contributed by atoms with Crippen LogP contribution in [0.5, 0.6) is 0 Å². The van der Waals surface area contributed by atoms with Crippen LogP contribution in [0, 0.1) is 6.92 Å². The van der Waals surface area contributed by atoms with Crippen molar-refractivity contribution in [1.82, 2.24) is 4.57 Å². The molecule has 2 aromatic rings. The Balaban J connectivity index is 2.26. The zero-order valence-electron chi connectivity index (χ0n) is 8.39. The van der Waals surface area contributed by atoms with Crippen LogP contribution < -0.4 is 5.56 Å². The molecule has 75 valence electrons. The first-order valence-corrected chi connectivity index (χ1v) is 4.82. The minimum atomic E-state index is 0.0243. The lowest BCUT2D eigenvalue weighted by Crippen LogP contribution is -2.18. The Bertz CT molecular complexity index is 496. The molecule has 15 heavy (non-hydrogen) atoms. The summed E-state index contributed by atoms with van der Waals surface area (Å²) in [6.07, 6.45) is 1.79. The van der Waals surface area contributed by atoms with Crippen molar-refractivity contribution in [3.8, 4) is 0 Å². The lowest BCUT2D eigenvalue weighted by atomic mass is 10.1. The van der Waals surface area contributed by atoms with E-state index in [1.54, 1.807) is 22.9 Å². The summed E-state index contributed by atoms with van der Waals surface area (Å²) in [6.45, 7) is 4.43.